The van der Waals surface area contributed by atoms with Crippen LogP contribution in [0.25, 0.3) is 0 Å². The van der Waals surface area contributed by atoms with Crippen LogP contribution in [0.3, 0.4) is 0 Å². The zero-order valence-electron chi connectivity index (χ0n) is 10.2. The molecule has 2 amide bonds. The van der Waals surface area contributed by atoms with Gasteiger partial charge in [0, 0.05) is 18.3 Å². The van der Waals surface area contributed by atoms with Crippen molar-refractivity contribution in [2.75, 3.05) is 11.9 Å². The van der Waals surface area contributed by atoms with Crippen molar-refractivity contribution in [3.8, 4) is 0 Å². The highest BCUT2D eigenvalue weighted by atomic mass is 32.6. The molecular weight excluding hydrogens is 302 g/mol. The molecule has 1 aromatic rings. The van der Waals surface area contributed by atoms with Crippen molar-refractivity contribution in [1.29, 1.82) is 0 Å². The zero-order valence-corrected chi connectivity index (χ0v) is 14.4. The molecule has 0 saturated carbocycles. The molecule has 0 aliphatic carbocycles. The largest absolute Gasteiger partial charge is 0.323 e. The van der Waals surface area contributed by atoms with Crippen molar-refractivity contribution in [2.45, 2.75) is 19.9 Å². The lowest BCUT2D eigenvalue weighted by atomic mass is 10.2. The molecular formula is C10H17N3OP4. The van der Waals surface area contributed by atoms with Gasteiger partial charge < -0.3 is 4.90 Å². The average molecular weight is 319 g/mol. The third-order valence-corrected chi connectivity index (χ3v) is 12.9. The first-order valence-electron chi connectivity index (χ1n) is 5.72. The lowest BCUT2D eigenvalue weighted by Crippen LogP contribution is -2.41. The van der Waals surface area contributed by atoms with Gasteiger partial charge in [-0.25, -0.2) is 9.78 Å². The second kappa shape index (κ2) is 6.53. The van der Waals surface area contributed by atoms with E-state index in [-0.39, 0.29) is 13.3 Å². The third-order valence-electron chi connectivity index (χ3n) is 2.78. The van der Waals surface area contributed by atoms with Crippen LogP contribution in [0, 0.1) is 0 Å². The number of fused-ring (bicyclic) bond motifs is 1. The molecule has 18 heavy (non-hydrogen) atoms. The van der Waals surface area contributed by atoms with E-state index in [1.165, 1.54) is 10.9 Å². The van der Waals surface area contributed by atoms with Crippen molar-refractivity contribution in [1.82, 2.24) is 9.88 Å². The Kier molecular flexibility index (Phi) is 5.28. The molecule has 1 aromatic heterocycles. The molecule has 0 saturated heterocycles. The van der Waals surface area contributed by atoms with E-state index in [1.807, 2.05) is 4.90 Å². The predicted molar refractivity (Wildman–Crippen MR) is 88.2 cm³/mol. The van der Waals surface area contributed by atoms with Crippen LogP contribution in [0.5, 0.6) is 0 Å². The van der Waals surface area contributed by atoms with Gasteiger partial charge in [-0.15, -0.1) is 17.9 Å². The summed E-state index contributed by atoms with van der Waals surface area (Å²) in [4.78, 5) is 18.0. The minimum absolute atomic E-state index is 0.0320. The van der Waals surface area contributed by atoms with Crippen molar-refractivity contribution in [2.24, 2.45) is 0 Å². The number of urea groups is 1. The molecule has 4 unspecified atom stereocenters. The van der Waals surface area contributed by atoms with Gasteiger partial charge in [0.05, 0.1) is 6.54 Å². The Morgan fingerprint density at radius 2 is 2.44 bits per heavy atom. The van der Waals surface area contributed by atoms with E-state index in [0.717, 1.165) is 26.7 Å². The monoisotopic (exact) mass is 319 g/mol. The van der Waals surface area contributed by atoms with Crippen LogP contribution in [0.4, 0.5) is 10.6 Å². The summed E-state index contributed by atoms with van der Waals surface area (Å²) < 4.78 is 0. The van der Waals surface area contributed by atoms with Crippen LogP contribution in [0.15, 0.2) is 12.3 Å². The van der Waals surface area contributed by atoms with E-state index in [1.54, 1.807) is 6.20 Å². The summed E-state index contributed by atoms with van der Waals surface area (Å²) in [6.07, 6.45) is 2.76. The van der Waals surface area contributed by atoms with Crippen LogP contribution in [-0.4, -0.2) is 22.5 Å². The number of aromatic nitrogens is 1. The maximum atomic E-state index is 11.9. The van der Waals surface area contributed by atoms with Gasteiger partial charge in [0.15, 0.2) is 0 Å². The highest BCUT2D eigenvalue weighted by Gasteiger charge is 2.25. The number of carbonyl (C=O) groups excluding carboxylic acids is 1. The molecule has 1 N–H and O–H groups in total. The second-order valence-corrected chi connectivity index (χ2v) is 13.1. The molecule has 4 atom stereocenters. The second-order valence-electron chi connectivity index (χ2n) is 4.01. The first kappa shape index (κ1) is 14.5. The summed E-state index contributed by atoms with van der Waals surface area (Å²) in [7, 11) is 6.30. The third kappa shape index (κ3) is 3.00. The van der Waals surface area contributed by atoms with E-state index in [2.05, 4.69) is 41.1 Å². The van der Waals surface area contributed by atoms with Crippen molar-refractivity contribution >= 4 is 50.3 Å². The first-order chi connectivity index (χ1) is 8.67. The van der Waals surface area contributed by atoms with Gasteiger partial charge in [-0.3, -0.25) is 5.32 Å². The summed E-state index contributed by atoms with van der Waals surface area (Å²) in [5.74, 6) is 0.739. The minimum Gasteiger partial charge on any atom is -0.320 e. The van der Waals surface area contributed by atoms with Crippen LogP contribution < -0.4 is 10.6 Å². The molecule has 2 rings (SSSR count). The fourth-order valence-electron chi connectivity index (χ4n) is 1.93. The Morgan fingerprint density at radius 1 is 1.67 bits per heavy atom. The number of nitrogens with zero attached hydrogens (tertiary/aromatic N) is 2. The van der Waals surface area contributed by atoms with Gasteiger partial charge >= 0.3 is 6.03 Å². The van der Waals surface area contributed by atoms with Gasteiger partial charge in [0.25, 0.3) is 0 Å². The van der Waals surface area contributed by atoms with Crippen molar-refractivity contribution in [3.63, 3.8) is 0 Å². The van der Waals surface area contributed by atoms with Crippen LogP contribution in [0.2, 0.25) is 0 Å². The minimum atomic E-state index is -0.241. The highest BCUT2D eigenvalue weighted by molar-refractivity contribution is 8.63. The number of hydrogen-bond acceptors (Lipinski definition) is 2. The predicted octanol–water partition coefficient (Wildman–Crippen LogP) is 3.12. The summed E-state index contributed by atoms with van der Waals surface area (Å²) in [5.41, 5.74) is 1.18. The number of hydrogen-bond donors (Lipinski definition) is 1. The Morgan fingerprint density at radius 3 is 3.11 bits per heavy atom. The molecule has 4 nitrogen and oxygen atoms in total. The Hall–Kier alpha value is 0.140. The van der Waals surface area contributed by atoms with Gasteiger partial charge in [-0.2, -0.15) is 0 Å². The Labute approximate surface area is 115 Å². The molecule has 8 heteroatoms. The molecule has 0 radical (unpaired) electrons. The SMILES string of the molecule is CCCN1Cc2c(P(P)PP)ccnc2NC1=O. The number of nitrogens with one attached hydrogen (secondary N) is 1. The van der Waals surface area contributed by atoms with E-state index < -0.39 is 0 Å². The topological polar surface area (TPSA) is 45.2 Å². The molecule has 98 valence electrons. The number of amides is 2. The van der Waals surface area contributed by atoms with Crippen LogP contribution in [-0.2, 0) is 6.54 Å². The van der Waals surface area contributed by atoms with Crippen LogP contribution in [0.1, 0.15) is 18.9 Å². The van der Waals surface area contributed by atoms with Gasteiger partial charge in [-0.1, -0.05) is 14.9 Å². The smallest absolute Gasteiger partial charge is 0.320 e. The molecule has 1 aliphatic rings. The van der Waals surface area contributed by atoms with Crippen molar-refractivity contribution < 1.29 is 4.79 Å². The van der Waals surface area contributed by atoms with E-state index in [4.69, 9.17) is 0 Å². The van der Waals surface area contributed by atoms with Crippen molar-refractivity contribution in [3.05, 3.63) is 17.8 Å². The maximum Gasteiger partial charge on any atom is 0.323 e. The molecule has 0 bridgehead atoms. The molecule has 0 fully saturated rings. The highest BCUT2D eigenvalue weighted by Crippen LogP contribution is 2.65. The van der Waals surface area contributed by atoms with Gasteiger partial charge in [0.1, 0.15) is 5.82 Å². The number of anilines is 1. The first-order valence-corrected chi connectivity index (χ1v) is 12.3. The summed E-state index contributed by atoms with van der Waals surface area (Å²) in [6, 6.07) is 2.05. The normalized spacial score (nSPS) is 16.8. The van der Waals surface area contributed by atoms with Crippen LogP contribution >= 0.6 is 33.1 Å². The number of carbonyl (C=O) groups is 1. The summed E-state index contributed by atoms with van der Waals surface area (Å²) in [6.45, 7) is 3.55. The number of pyridine rings is 1. The molecule has 1 aliphatic heterocycles. The summed E-state index contributed by atoms with van der Waals surface area (Å²) in [5, 5.41) is 4.22. The number of rotatable bonds is 4. The Balaban J connectivity index is 2.35. The fraction of sp³-hybridized carbons (Fsp3) is 0.400. The van der Waals surface area contributed by atoms with E-state index in [0.29, 0.717) is 6.54 Å². The average Bonchev–Trinajstić information content (AvgIpc) is 2.38. The standard InChI is InChI=1S/C10H17N3OP4/c1-2-5-13-6-7-8(18(16)17-15)3-4-11-9(7)12-10(13)14/h3-4,17H,2,5-6,15-16H2,1H3,(H,11,12,14). The lowest BCUT2D eigenvalue weighted by Gasteiger charge is -2.30. The zero-order chi connectivity index (χ0) is 13.1. The molecule has 2 heterocycles. The summed E-state index contributed by atoms with van der Waals surface area (Å²) >= 11 is 0. The lowest BCUT2D eigenvalue weighted by molar-refractivity contribution is 0.206. The fourth-order valence-corrected chi connectivity index (χ4v) is 5.79. The maximum absolute atomic E-state index is 11.9. The van der Waals surface area contributed by atoms with Gasteiger partial charge in [-0.05, 0) is 25.1 Å². The molecule has 0 aromatic carbocycles. The Bertz CT molecular complexity index is 457. The quantitative estimate of drug-likeness (QED) is 0.867. The van der Waals surface area contributed by atoms with E-state index >= 15 is 0 Å². The van der Waals surface area contributed by atoms with Gasteiger partial charge in [0.2, 0.25) is 0 Å². The van der Waals surface area contributed by atoms with E-state index in [9.17, 15) is 4.79 Å². The molecule has 0 spiro atoms.